The Morgan fingerprint density at radius 2 is 1.67 bits per heavy atom. The molecule has 1 heterocycles. The second-order valence-corrected chi connectivity index (χ2v) is 7.53. The molecule has 3 amide bonds. The van der Waals surface area contributed by atoms with Crippen LogP contribution in [0.1, 0.15) is 26.2 Å². The molecule has 142 valence electrons. The summed E-state index contributed by atoms with van der Waals surface area (Å²) < 4.78 is 5.12. The largest absolute Gasteiger partial charge is 0.497 e. The maximum atomic E-state index is 13.1. The molecule has 5 rings (SSSR count). The van der Waals surface area contributed by atoms with E-state index in [1.54, 1.807) is 31.4 Å². The first-order chi connectivity index (χ1) is 13.0. The van der Waals surface area contributed by atoms with Crippen LogP contribution in [0.2, 0.25) is 0 Å². The maximum absolute atomic E-state index is 13.1. The van der Waals surface area contributed by atoms with Crippen molar-refractivity contribution in [3.8, 4) is 5.75 Å². The minimum atomic E-state index is -0.780. The van der Waals surface area contributed by atoms with Crippen molar-refractivity contribution in [3.05, 3.63) is 36.4 Å². The number of imide groups is 1. The first-order valence-corrected chi connectivity index (χ1v) is 9.55. The minimum Gasteiger partial charge on any atom is -0.497 e. The Morgan fingerprint density at radius 1 is 1.11 bits per heavy atom. The van der Waals surface area contributed by atoms with E-state index < -0.39 is 6.04 Å². The third-order valence-electron chi connectivity index (χ3n) is 6.15. The molecule has 6 nitrogen and oxygen atoms in total. The summed E-state index contributed by atoms with van der Waals surface area (Å²) in [5.74, 6) is -0.317. The van der Waals surface area contributed by atoms with Gasteiger partial charge in [0.2, 0.25) is 17.7 Å². The molecule has 1 aliphatic heterocycles. The smallest absolute Gasteiger partial charge is 0.247 e. The number of hydrogen-bond donors (Lipinski definition) is 1. The van der Waals surface area contributed by atoms with Crippen LogP contribution in [0.3, 0.4) is 0 Å². The summed E-state index contributed by atoms with van der Waals surface area (Å²) in [5.41, 5.74) is 0.609. The zero-order valence-electron chi connectivity index (χ0n) is 15.6. The van der Waals surface area contributed by atoms with Gasteiger partial charge in [-0.05, 0) is 55.4 Å². The molecule has 5 atom stereocenters. The van der Waals surface area contributed by atoms with Crippen molar-refractivity contribution in [2.24, 2.45) is 23.7 Å². The van der Waals surface area contributed by atoms with Gasteiger partial charge < -0.3 is 10.1 Å². The minimum absolute atomic E-state index is 0.128. The summed E-state index contributed by atoms with van der Waals surface area (Å²) in [6.07, 6.45) is 6.46. The number of carbonyl (C=O) groups excluding carboxylic acids is 3. The average molecular weight is 368 g/mol. The Hall–Kier alpha value is -2.63. The predicted molar refractivity (Wildman–Crippen MR) is 99.9 cm³/mol. The Bertz CT molecular complexity index is 769. The van der Waals surface area contributed by atoms with Crippen molar-refractivity contribution in [2.75, 3.05) is 12.4 Å². The molecule has 1 N–H and O–H groups in total. The second-order valence-electron chi connectivity index (χ2n) is 7.53. The zero-order chi connectivity index (χ0) is 19.1. The number of ether oxygens (including phenoxy) is 1. The fourth-order valence-corrected chi connectivity index (χ4v) is 4.79. The summed E-state index contributed by atoms with van der Waals surface area (Å²) in [5, 5.41) is 2.83. The lowest BCUT2D eigenvalue weighted by Crippen LogP contribution is -2.47. The lowest BCUT2D eigenvalue weighted by atomic mass is 9.63. The van der Waals surface area contributed by atoms with Crippen LogP contribution in [-0.2, 0) is 14.4 Å². The normalized spacial score (nSPS) is 29.6. The highest BCUT2D eigenvalue weighted by Gasteiger charge is 2.58. The van der Waals surface area contributed by atoms with Crippen LogP contribution in [0, 0.1) is 23.7 Å². The number of hydrogen-bond acceptors (Lipinski definition) is 4. The number of rotatable bonds is 5. The van der Waals surface area contributed by atoms with E-state index in [4.69, 9.17) is 4.74 Å². The molecule has 1 saturated heterocycles. The molecular weight excluding hydrogens is 344 g/mol. The Kier molecular flexibility index (Phi) is 4.50. The molecular formula is C21H24N2O4. The highest BCUT2D eigenvalue weighted by Crippen LogP contribution is 2.50. The van der Waals surface area contributed by atoms with Gasteiger partial charge >= 0.3 is 0 Å². The van der Waals surface area contributed by atoms with Gasteiger partial charge in [0.05, 0.1) is 18.9 Å². The van der Waals surface area contributed by atoms with Crippen molar-refractivity contribution >= 4 is 23.4 Å². The number of allylic oxidation sites excluding steroid dienone is 2. The number of anilines is 1. The standard InChI is InChI=1S/C21H24N2O4/c1-3-16(19(24)22-14-8-10-15(27-2)11-9-14)23-20(25)17-12-4-5-13(7-6-12)18(17)21(23)26/h4-5,8-13,16-18H,3,6-7H2,1-2H3,(H,22,24). The maximum Gasteiger partial charge on any atom is 0.247 e. The highest BCUT2D eigenvalue weighted by molar-refractivity contribution is 6.10. The zero-order valence-corrected chi connectivity index (χ0v) is 15.6. The van der Waals surface area contributed by atoms with Crippen LogP contribution < -0.4 is 10.1 Å². The van der Waals surface area contributed by atoms with Crippen molar-refractivity contribution in [2.45, 2.75) is 32.2 Å². The number of fused-ring (bicyclic) bond motifs is 1. The number of nitrogens with one attached hydrogen (secondary N) is 1. The summed E-state index contributed by atoms with van der Waals surface area (Å²) in [4.78, 5) is 40.2. The third kappa shape index (κ3) is 2.83. The molecule has 2 bridgehead atoms. The van der Waals surface area contributed by atoms with E-state index in [9.17, 15) is 14.4 Å². The van der Waals surface area contributed by atoms with Crippen molar-refractivity contribution in [3.63, 3.8) is 0 Å². The highest BCUT2D eigenvalue weighted by atomic mass is 16.5. The fraction of sp³-hybridized carbons (Fsp3) is 0.476. The Morgan fingerprint density at radius 3 is 2.11 bits per heavy atom. The quantitative estimate of drug-likeness (QED) is 0.640. The lowest BCUT2D eigenvalue weighted by Gasteiger charge is -2.38. The van der Waals surface area contributed by atoms with Crippen LogP contribution in [-0.4, -0.2) is 35.8 Å². The Labute approximate surface area is 158 Å². The van der Waals surface area contributed by atoms with E-state index in [1.807, 2.05) is 6.92 Å². The number of carbonyl (C=O) groups is 3. The molecule has 3 aliphatic carbocycles. The molecule has 1 saturated carbocycles. The molecule has 6 heteroatoms. The van der Waals surface area contributed by atoms with Gasteiger partial charge in [0.25, 0.3) is 0 Å². The van der Waals surface area contributed by atoms with Gasteiger partial charge in [-0.2, -0.15) is 0 Å². The average Bonchev–Trinajstić information content (AvgIpc) is 2.97. The van der Waals surface area contributed by atoms with Crippen molar-refractivity contribution in [1.82, 2.24) is 4.90 Å². The Balaban J connectivity index is 1.54. The molecule has 1 aromatic carbocycles. The van der Waals surface area contributed by atoms with E-state index in [0.29, 0.717) is 17.9 Å². The van der Waals surface area contributed by atoms with E-state index in [1.165, 1.54) is 4.90 Å². The van der Waals surface area contributed by atoms with Crippen molar-refractivity contribution in [1.29, 1.82) is 0 Å². The van der Waals surface area contributed by atoms with E-state index >= 15 is 0 Å². The second kappa shape index (κ2) is 6.83. The van der Waals surface area contributed by atoms with Gasteiger partial charge in [-0.25, -0.2) is 0 Å². The van der Waals surface area contributed by atoms with Crippen LogP contribution in [0.4, 0.5) is 5.69 Å². The topological polar surface area (TPSA) is 75.7 Å². The first-order valence-electron chi connectivity index (χ1n) is 9.55. The molecule has 5 unspecified atom stereocenters. The number of amides is 3. The van der Waals surface area contributed by atoms with E-state index in [-0.39, 0.29) is 41.4 Å². The molecule has 0 aromatic heterocycles. The van der Waals surface area contributed by atoms with Gasteiger partial charge in [0.1, 0.15) is 11.8 Å². The first kappa shape index (κ1) is 17.8. The van der Waals surface area contributed by atoms with Gasteiger partial charge in [-0.3, -0.25) is 19.3 Å². The molecule has 0 radical (unpaired) electrons. The van der Waals surface area contributed by atoms with Crippen LogP contribution in [0.25, 0.3) is 0 Å². The molecule has 4 aliphatic rings. The number of benzene rings is 1. The summed E-state index contributed by atoms with van der Waals surface area (Å²) in [6.45, 7) is 1.83. The monoisotopic (exact) mass is 368 g/mol. The van der Waals surface area contributed by atoms with E-state index in [2.05, 4.69) is 17.5 Å². The van der Waals surface area contributed by atoms with Gasteiger partial charge in [0.15, 0.2) is 0 Å². The third-order valence-corrected chi connectivity index (χ3v) is 6.15. The summed E-state index contributed by atoms with van der Waals surface area (Å²) >= 11 is 0. The van der Waals surface area contributed by atoms with Gasteiger partial charge in [0, 0.05) is 5.69 Å². The summed E-state index contributed by atoms with van der Waals surface area (Å²) in [7, 11) is 1.58. The van der Waals surface area contributed by atoms with Crippen LogP contribution in [0.5, 0.6) is 5.75 Å². The van der Waals surface area contributed by atoms with Crippen molar-refractivity contribution < 1.29 is 19.1 Å². The fourth-order valence-electron chi connectivity index (χ4n) is 4.79. The number of methoxy groups -OCH3 is 1. The van der Waals surface area contributed by atoms with Crippen LogP contribution >= 0.6 is 0 Å². The SMILES string of the molecule is CCC(C(=O)Nc1ccc(OC)cc1)N1C(=O)C2C3C=CC(CC3)C2C1=O. The molecule has 1 aromatic rings. The lowest BCUT2D eigenvalue weighted by molar-refractivity contribution is -0.146. The van der Waals surface area contributed by atoms with Gasteiger partial charge in [-0.15, -0.1) is 0 Å². The van der Waals surface area contributed by atoms with E-state index in [0.717, 1.165) is 12.8 Å². The molecule has 2 fully saturated rings. The molecule has 27 heavy (non-hydrogen) atoms. The predicted octanol–water partition coefficient (Wildman–Crippen LogP) is 2.61. The van der Waals surface area contributed by atoms with Gasteiger partial charge in [-0.1, -0.05) is 19.1 Å². The number of nitrogens with zero attached hydrogens (tertiary/aromatic N) is 1. The summed E-state index contributed by atoms with van der Waals surface area (Å²) in [6, 6.07) is 6.20. The number of likely N-dealkylation sites (tertiary alicyclic amines) is 1. The molecule has 0 spiro atoms. The van der Waals surface area contributed by atoms with Crippen LogP contribution in [0.15, 0.2) is 36.4 Å².